The van der Waals surface area contributed by atoms with E-state index in [1.807, 2.05) is 37.3 Å². The SMILES string of the molecule is CC(Sc1n[nH]c(=O)n1CC1CCCO1)C(=O)NCCc1ccccc1. The summed E-state index contributed by atoms with van der Waals surface area (Å²) in [5, 5.41) is 9.65. The number of hydrogen-bond acceptors (Lipinski definition) is 5. The smallest absolute Gasteiger partial charge is 0.344 e. The summed E-state index contributed by atoms with van der Waals surface area (Å²) in [5.74, 6) is -0.0648. The first-order chi connectivity index (χ1) is 12.6. The molecule has 26 heavy (non-hydrogen) atoms. The molecule has 2 unspecified atom stereocenters. The van der Waals surface area contributed by atoms with E-state index in [4.69, 9.17) is 4.74 Å². The average Bonchev–Trinajstić information content (AvgIpc) is 3.28. The van der Waals surface area contributed by atoms with Crippen molar-refractivity contribution in [2.45, 2.75) is 49.2 Å². The molecule has 140 valence electrons. The maximum Gasteiger partial charge on any atom is 0.344 e. The Morgan fingerprint density at radius 1 is 1.46 bits per heavy atom. The van der Waals surface area contributed by atoms with Crippen molar-refractivity contribution in [3.63, 3.8) is 0 Å². The van der Waals surface area contributed by atoms with Crippen molar-refractivity contribution in [1.29, 1.82) is 0 Å². The third kappa shape index (κ3) is 4.98. The summed E-state index contributed by atoms with van der Waals surface area (Å²) >= 11 is 1.28. The molecule has 0 bridgehead atoms. The molecule has 1 amide bonds. The van der Waals surface area contributed by atoms with E-state index < -0.39 is 0 Å². The van der Waals surface area contributed by atoms with E-state index in [0.717, 1.165) is 25.9 Å². The molecule has 1 aliphatic heterocycles. The quantitative estimate of drug-likeness (QED) is 0.683. The summed E-state index contributed by atoms with van der Waals surface area (Å²) in [6.45, 7) is 3.61. The minimum absolute atomic E-state index is 0.0413. The average molecular weight is 376 g/mol. The van der Waals surface area contributed by atoms with Crippen LogP contribution in [0, 0.1) is 0 Å². The monoisotopic (exact) mass is 376 g/mol. The molecule has 2 atom stereocenters. The maximum absolute atomic E-state index is 12.3. The van der Waals surface area contributed by atoms with Gasteiger partial charge in [-0.3, -0.25) is 9.36 Å². The van der Waals surface area contributed by atoms with Gasteiger partial charge in [0, 0.05) is 13.2 Å². The van der Waals surface area contributed by atoms with Crippen LogP contribution in [0.5, 0.6) is 0 Å². The zero-order valence-electron chi connectivity index (χ0n) is 14.8. The van der Waals surface area contributed by atoms with Crippen LogP contribution in [0.2, 0.25) is 0 Å². The molecule has 1 aromatic heterocycles. The Labute approximate surface area is 156 Å². The van der Waals surface area contributed by atoms with Gasteiger partial charge < -0.3 is 10.1 Å². The van der Waals surface area contributed by atoms with Crippen LogP contribution in [0.3, 0.4) is 0 Å². The Bertz CT molecular complexity index is 768. The van der Waals surface area contributed by atoms with E-state index >= 15 is 0 Å². The lowest BCUT2D eigenvalue weighted by Gasteiger charge is -2.14. The van der Waals surface area contributed by atoms with Gasteiger partial charge >= 0.3 is 5.69 Å². The van der Waals surface area contributed by atoms with Crippen LogP contribution in [-0.4, -0.2) is 45.2 Å². The number of nitrogens with one attached hydrogen (secondary N) is 2. The van der Waals surface area contributed by atoms with Gasteiger partial charge in [-0.05, 0) is 31.7 Å². The Balaban J connectivity index is 1.51. The number of nitrogens with zero attached hydrogens (tertiary/aromatic N) is 2. The lowest BCUT2D eigenvalue weighted by Crippen LogP contribution is -2.33. The van der Waals surface area contributed by atoms with E-state index in [1.165, 1.54) is 17.3 Å². The third-order valence-corrected chi connectivity index (χ3v) is 5.43. The molecule has 8 heteroatoms. The summed E-state index contributed by atoms with van der Waals surface area (Å²) in [5.41, 5.74) is 0.922. The normalized spacial score (nSPS) is 18.0. The van der Waals surface area contributed by atoms with Crippen molar-refractivity contribution in [3.8, 4) is 0 Å². The van der Waals surface area contributed by atoms with Crippen molar-refractivity contribution < 1.29 is 9.53 Å². The minimum atomic E-state index is -0.343. The van der Waals surface area contributed by atoms with Crippen LogP contribution in [-0.2, 0) is 22.5 Å². The van der Waals surface area contributed by atoms with Crippen molar-refractivity contribution in [3.05, 3.63) is 46.4 Å². The molecule has 0 spiro atoms. The van der Waals surface area contributed by atoms with Crippen LogP contribution < -0.4 is 11.0 Å². The zero-order chi connectivity index (χ0) is 18.4. The lowest BCUT2D eigenvalue weighted by atomic mass is 10.1. The molecule has 0 radical (unpaired) electrons. The fourth-order valence-electron chi connectivity index (χ4n) is 2.88. The highest BCUT2D eigenvalue weighted by molar-refractivity contribution is 8.00. The van der Waals surface area contributed by atoms with Crippen molar-refractivity contribution in [2.24, 2.45) is 0 Å². The molecular formula is C18H24N4O3S. The fourth-order valence-corrected chi connectivity index (χ4v) is 3.77. The Kier molecular flexibility index (Phi) is 6.51. The number of thioether (sulfide) groups is 1. The number of amides is 1. The summed E-state index contributed by atoms with van der Waals surface area (Å²) < 4.78 is 7.16. The molecular weight excluding hydrogens is 352 g/mol. The first kappa shape index (κ1) is 18.7. The molecule has 2 aromatic rings. The van der Waals surface area contributed by atoms with Gasteiger partial charge in [-0.25, -0.2) is 9.89 Å². The number of carbonyl (C=O) groups excluding carboxylic acids is 1. The van der Waals surface area contributed by atoms with Crippen LogP contribution in [0.25, 0.3) is 0 Å². The van der Waals surface area contributed by atoms with Gasteiger partial charge in [-0.1, -0.05) is 42.1 Å². The predicted octanol–water partition coefficient (Wildman–Crippen LogP) is 1.59. The van der Waals surface area contributed by atoms with Gasteiger partial charge in [-0.15, -0.1) is 5.10 Å². The molecule has 3 rings (SSSR count). The molecule has 0 aliphatic carbocycles. The molecule has 0 saturated carbocycles. The molecule has 2 heterocycles. The zero-order valence-corrected chi connectivity index (χ0v) is 15.6. The molecule has 7 nitrogen and oxygen atoms in total. The van der Waals surface area contributed by atoms with Crippen LogP contribution in [0.1, 0.15) is 25.3 Å². The maximum atomic E-state index is 12.3. The van der Waals surface area contributed by atoms with Gasteiger partial charge in [0.25, 0.3) is 0 Å². The van der Waals surface area contributed by atoms with Gasteiger partial charge in [0.2, 0.25) is 5.91 Å². The van der Waals surface area contributed by atoms with Gasteiger partial charge in [-0.2, -0.15) is 0 Å². The molecule has 1 saturated heterocycles. The lowest BCUT2D eigenvalue weighted by molar-refractivity contribution is -0.120. The van der Waals surface area contributed by atoms with Gasteiger partial charge in [0.15, 0.2) is 5.16 Å². The second-order valence-electron chi connectivity index (χ2n) is 6.34. The largest absolute Gasteiger partial charge is 0.376 e. The Morgan fingerprint density at radius 3 is 3.00 bits per heavy atom. The number of rotatable bonds is 8. The van der Waals surface area contributed by atoms with E-state index in [0.29, 0.717) is 18.2 Å². The Hall–Kier alpha value is -2.06. The fraction of sp³-hybridized carbons (Fsp3) is 0.500. The summed E-state index contributed by atoms with van der Waals surface area (Å²) in [6, 6.07) is 10.0. The van der Waals surface area contributed by atoms with E-state index in [-0.39, 0.29) is 23.0 Å². The number of ether oxygens (including phenoxy) is 1. The Morgan fingerprint density at radius 2 is 2.27 bits per heavy atom. The van der Waals surface area contributed by atoms with Crippen LogP contribution in [0.15, 0.2) is 40.3 Å². The van der Waals surface area contributed by atoms with Crippen molar-refractivity contribution in [1.82, 2.24) is 20.1 Å². The van der Waals surface area contributed by atoms with Crippen molar-refractivity contribution in [2.75, 3.05) is 13.2 Å². The first-order valence-corrected chi connectivity index (χ1v) is 9.76. The number of aromatic nitrogens is 3. The van der Waals surface area contributed by atoms with Gasteiger partial charge in [0.05, 0.1) is 17.9 Å². The van der Waals surface area contributed by atoms with Crippen molar-refractivity contribution >= 4 is 17.7 Å². The van der Waals surface area contributed by atoms with Crippen LogP contribution >= 0.6 is 11.8 Å². The number of benzene rings is 1. The molecule has 1 aromatic carbocycles. The molecule has 2 N–H and O–H groups in total. The highest BCUT2D eigenvalue weighted by atomic mass is 32.2. The summed E-state index contributed by atoms with van der Waals surface area (Å²) in [7, 11) is 0. The number of aromatic amines is 1. The summed E-state index contributed by atoms with van der Waals surface area (Å²) in [6.07, 6.45) is 2.78. The highest BCUT2D eigenvalue weighted by Gasteiger charge is 2.22. The van der Waals surface area contributed by atoms with E-state index in [2.05, 4.69) is 15.5 Å². The number of H-pyrrole nitrogens is 1. The van der Waals surface area contributed by atoms with Crippen LogP contribution in [0.4, 0.5) is 0 Å². The highest BCUT2D eigenvalue weighted by Crippen LogP contribution is 2.22. The first-order valence-electron chi connectivity index (χ1n) is 8.88. The standard InChI is InChI=1S/C18H24N4O3S/c1-13(16(23)19-10-9-14-6-3-2-4-7-14)26-18-21-20-17(24)22(18)12-15-8-5-11-25-15/h2-4,6-7,13,15H,5,8-12H2,1H3,(H,19,23)(H,20,24). The van der Waals surface area contributed by atoms with E-state index in [1.54, 1.807) is 4.57 Å². The second kappa shape index (κ2) is 9.05. The third-order valence-electron chi connectivity index (χ3n) is 4.34. The van der Waals surface area contributed by atoms with Gasteiger partial charge in [0.1, 0.15) is 0 Å². The summed E-state index contributed by atoms with van der Waals surface area (Å²) in [4.78, 5) is 24.3. The van der Waals surface area contributed by atoms with E-state index in [9.17, 15) is 9.59 Å². The topological polar surface area (TPSA) is 89.0 Å². The second-order valence-corrected chi connectivity index (χ2v) is 7.65. The minimum Gasteiger partial charge on any atom is -0.376 e. The number of hydrogen-bond donors (Lipinski definition) is 2. The number of carbonyl (C=O) groups is 1. The molecule has 1 fully saturated rings. The predicted molar refractivity (Wildman–Crippen MR) is 100 cm³/mol. The molecule has 1 aliphatic rings.